The van der Waals surface area contributed by atoms with Crippen LogP contribution >= 0.6 is 0 Å². The molecule has 2 saturated heterocycles. The maximum atomic E-state index is 13.7. The normalized spacial score (nSPS) is 23.2. The third kappa shape index (κ3) is 4.27. The predicted octanol–water partition coefficient (Wildman–Crippen LogP) is 3.25. The highest BCUT2D eigenvalue weighted by atomic mass is 16.2. The number of amides is 3. The molecule has 0 bridgehead atoms. The van der Waals surface area contributed by atoms with E-state index < -0.39 is 5.54 Å². The lowest BCUT2D eigenvalue weighted by molar-refractivity contribution is -0.137. The van der Waals surface area contributed by atoms with Crippen LogP contribution in [0.25, 0.3) is 0 Å². The highest BCUT2D eigenvalue weighted by Gasteiger charge is 2.45. The first-order valence-corrected chi connectivity index (χ1v) is 12.1. The van der Waals surface area contributed by atoms with Crippen LogP contribution < -0.4 is 10.2 Å². The molecule has 0 aromatic heterocycles. The van der Waals surface area contributed by atoms with Crippen molar-refractivity contribution < 1.29 is 14.4 Å². The summed E-state index contributed by atoms with van der Waals surface area (Å²) in [6.45, 7) is 8.71. The second kappa shape index (κ2) is 9.22. The molecule has 0 unspecified atom stereocenters. The van der Waals surface area contributed by atoms with Gasteiger partial charge in [-0.05, 0) is 71.7 Å². The number of hydrogen-bond acceptors (Lipinski definition) is 4. The van der Waals surface area contributed by atoms with Crippen molar-refractivity contribution in [2.45, 2.75) is 70.9 Å². The molecule has 0 radical (unpaired) electrons. The van der Waals surface area contributed by atoms with Gasteiger partial charge < -0.3 is 10.2 Å². The molecule has 0 saturated carbocycles. The Morgan fingerprint density at radius 3 is 2.28 bits per heavy atom. The first-order chi connectivity index (χ1) is 15.3. The maximum absolute atomic E-state index is 13.7. The number of fused-ring (bicyclic) bond motifs is 1. The van der Waals surface area contributed by atoms with Crippen molar-refractivity contribution in [1.29, 1.82) is 0 Å². The van der Waals surface area contributed by atoms with Crippen LogP contribution in [-0.2, 0) is 14.4 Å². The SMILES string of the molecule is C[C@H](C(=O)N1c2ccccc2NC(=O)C1(C)C)N1CCC(C(=O)N2CCCCCC2)CC1. The monoisotopic (exact) mass is 440 g/mol. The summed E-state index contributed by atoms with van der Waals surface area (Å²) in [6, 6.07) is 7.09. The van der Waals surface area contributed by atoms with Crippen molar-refractivity contribution in [3.05, 3.63) is 24.3 Å². The number of para-hydroxylation sites is 2. The minimum atomic E-state index is -0.971. The van der Waals surface area contributed by atoms with Gasteiger partial charge in [0.1, 0.15) is 5.54 Å². The number of benzene rings is 1. The zero-order valence-electron chi connectivity index (χ0n) is 19.6. The number of carbonyl (C=O) groups excluding carboxylic acids is 3. The summed E-state index contributed by atoms with van der Waals surface area (Å²) in [5.41, 5.74) is 0.431. The quantitative estimate of drug-likeness (QED) is 0.783. The Morgan fingerprint density at radius 1 is 1.00 bits per heavy atom. The van der Waals surface area contributed by atoms with E-state index in [1.807, 2.05) is 31.2 Å². The van der Waals surface area contributed by atoms with Gasteiger partial charge in [0.15, 0.2) is 0 Å². The van der Waals surface area contributed by atoms with Gasteiger partial charge in [0, 0.05) is 19.0 Å². The van der Waals surface area contributed by atoms with Crippen LogP contribution in [0, 0.1) is 5.92 Å². The van der Waals surface area contributed by atoms with Gasteiger partial charge in [0.05, 0.1) is 17.4 Å². The summed E-state index contributed by atoms with van der Waals surface area (Å²) in [4.78, 5) is 45.3. The molecule has 7 heteroatoms. The van der Waals surface area contributed by atoms with E-state index in [-0.39, 0.29) is 23.8 Å². The predicted molar refractivity (Wildman–Crippen MR) is 125 cm³/mol. The summed E-state index contributed by atoms with van der Waals surface area (Å²) >= 11 is 0. The van der Waals surface area contributed by atoms with E-state index in [2.05, 4.69) is 15.1 Å². The van der Waals surface area contributed by atoms with Gasteiger partial charge in [0.25, 0.3) is 0 Å². The minimum absolute atomic E-state index is 0.0598. The van der Waals surface area contributed by atoms with Crippen molar-refractivity contribution >= 4 is 29.1 Å². The van der Waals surface area contributed by atoms with E-state index in [0.717, 1.165) is 57.5 Å². The lowest BCUT2D eigenvalue weighted by atomic mass is 9.92. The number of carbonyl (C=O) groups is 3. The second-order valence-corrected chi connectivity index (χ2v) is 9.93. The number of hydrogen-bond donors (Lipinski definition) is 1. The molecular formula is C25H36N4O3. The van der Waals surface area contributed by atoms with Crippen LogP contribution in [0.2, 0.25) is 0 Å². The van der Waals surface area contributed by atoms with Gasteiger partial charge in [-0.15, -0.1) is 0 Å². The molecule has 1 aromatic carbocycles. The minimum Gasteiger partial charge on any atom is -0.342 e. The fourth-order valence-corrected chi connectivity index (χ4v) is 5.27. The Hall–Kier alpha value is -2.41. The molecule has 32 heavy (non-hydrogen) atoms. The molecule has 1 N–H and O–H groups in total. The largest absolute Gasteiger partial charge is 0.342 e. The van der Waals surface area contributed by atoms with E-state index in [9.17, 15) is 14.4 Å². The number of rotatable bonds is 3. The Labute approximate surface area is 191 Å². The van der Waals surface area contributed by atoms with Crippen molar-refractivity contribution in [1.82, 2.24) is 9.80 Å². The molecule has 4 rings (SSSR count). The van der Waals surface area contributed by atoms with Crippen LogP contribution in [0.3, 0.4) is 0 Å². The number of nitrogens with zero attached hydrogens (tertiary/aromatic N) is 3. The third-order valence-electron chi connectivity index (χ3n) is 7.43. The van der Waals surface area contributed by atoms with Gasteiger partial charge in [-0.3, -0.25) is 24.2 Å². The molecule has 2 fully saturated rings. The summed E-state index contributed by atoms with van der Waals surface area (Å²) in [5.74, 6) is 0.103. The van der Waals surface area contributed by atoms with Gasteiger partial charge in [-0.2, -0.15) is 0 Å². The highest BCUT2D eigenvalue weighted by molar-refractivity contribution is 6.15. The average molecular weight is 441 g/mol. The lowest BCUT2D eigenvalue weighted by Gasteiger charge is -2.45. The topological polar surface area (TPSA) is 73.0 Å². The second-order valence-electron chi connectivity index (χ2n) is 9.93. The van der Waals surface area contributed by atoms with E-state index in [0.29, 0.717) is 11.6 Å². The van der Waals surface area contributed by atoms with Gasteiger partial charge >= 0.3 is 0 Å². The molecule has 0 aliphatic carbocycles. The number of piperidine rings is 1. The summed E-state index contributed by atoms with van der Waals surface area (Å²) in [5, 5.41) is 2.92. The van der Waals surface area contributed by atoms with Crippen LogP contribution in [0.4, 0.5) is 11.4 Å². The lowest BCUT2D eigenvalue weighted by Crippen LogP contribution is -2.62. The molecule has 174 valence electrons. The average Bonchev–Trinajstić information content (AvgIpc) is 3.08. The van der Waals surface area contributed by atoms with E-state index >= 15 is 0 Å². The Bertz CT molecular complexity index is 868. The molecule has 1 aromatic rings. The van der Waals surface area contributed by atoms with E-state index in [1.54, 1.807) is 18.7 Å². The fraction of sp³-hybridized carbons (Fsp3) is 0.640. The highest BCUT2D eigenvalue weighted by Crippen LogP contribution is 2.37. The zero-order valence-corrected chi connectivity index (χ0v) is 19.6. The van der Waals surface area contributed by atoms with Gasteiger partial charge in [-0.1, -0.05) is 25.0 Å². The molecule has 3 amide bonds. The molecule has 3 aliphatic heterocycles. The first-order valence-electron chi connectivity index (χ1n) is 12.1. The molecule has 0 spiro atoms. The Kier molecular flexibility index (Phi) is 6.56. The van der Waals surface area contributed by atoms with Crippen LogP contribution in [0.15, 0.2) is 24.3 Å². The first kappa shape index (κ1) is 22.8. The van der Waals surface area contributed by atoms with Gasteiger partial charge in [0.2, 0.25) is 17.7 Å². The number of anilines is 2. The van der Waals surface area contributed by atoms with E-state index in [1.165, 1.54) is 12.8 Å². The van der Waals surface area contributed by atoms with Crippen molar-refractivity contribution in [3.63, 3.8) is 0 Å². The fourth-order valence-electron chi connectivity index (χ4n) is 5.27. The van der Waals surface area contributed by atoms with Crippen molar-refractivity contribution in [3.8, 4) is 0 Å². The summed E-state index contributed by atoms with van der Waals surface area (Å²) in [7, 11) is 0. The van der Waals surface area contributed by atoms with Gasteiger partial charge in [-0.25, -0.2) is 0 Å². The smallest absolute Gasteiger partial charge is 0.250 e. The number of likely N-dealkylation sites (tertiary alicyclic amines) is 2. The van der Waals surface area contributed by atoms with Crippen molar-refractivity contribution in [2.75, 3.05) is 36.4 Å². The maximum Gasteiger partial charge on any atom is 0.250 e. The summed E-state index contributed by atoms with van der Waals surface area (Å²) in [6.07, 6.45) is 6.22. The van der Waals surface area contributed by atoms with Crippen LogP contribution in [-0.4, -0.2) is 65.3 Å². The number of nitrogens with one attached hydrogen (secondary N) is 1. The molecule has 3 heterocycles. The van der Waals surface area contributed by atoms with Crippen LogP contribution in [0.1, 0.15) is 59.3 Å². The Morgan fingerprint density at radius 2 is 1.62 bits per heavy atom. The van der Waals surface area contributed by atoms with E-state index in [4.69, 9.17) is 0 Å². The molecule has 1 atom stereocenters. The Balaban J connectivity index is 1.43. The molecular weight excluding hydrogens is 404 g/mol. The molecule has 7 nitrogen and oxygen atoms in total. The molecule has 3 aliphatic rings. The van der Waals surface area contributed by atoms with Crippen LogP contribution in [0.5, 0.6) is 0 Å². The third-order valence-corrected chi connectivity index (χ3v) is 7.43. The standard InChI is InChI=1S/C25H36N4O3/c1-18(22(30)29-21-11-7-6-10-20(21)26-24(32)25(29,2)3)27-16-12-19(13-17-27)23(31)28-14-8-4-5-9-15-28/h6-7,10-11,18-19H,4-5,8-9,12-17H2,1-3H3,(H,26,32)/t18-/m1/s1. The van der Waals surface area contributed by atoms with Crippen molar-refractivity contribution in [2.24, 2.45) is 5.92 Å². The summed E-state index contributed by atoms with van der Waals surface area (Å²) < 4.78 is 0. The zero-order chi connectivity index (χ0) is 22.9.